The Kier molecular flexibility index (Phi) is 5.62. The number of amides is 1. The minimum absolute atomic E-state index is 0.123. The predicted molar refractivity (Wildman–Crippen MR) is 86.8 cm³/mol. The SMILES string of the molecule is O=C(Nc1ncc(CO)s1)[C@H]1C[C@H](Oc2cc(F)ccc2OC(F)F)C1. The number of carbonyl (C=O) groups is 1. The van der Waals surface area contributed by atoms with E-state index in [-0.39, 0.29) is 29.9 Å². The van der Waals surface area contributed by atoms with Crippen LogP contribution in [0.5, 0.6) is 11.5 Å². The standard InChI is InChI=1S/C16H15F3N2O4S/c17-9-1-2-12(25-15(18)19)13(5-9)24-10-3-8(4-10)14(23)21-16-20-6-11(7-22)26-16/h1-2,5-6,8,10,15,22H,3-4,7H2,(H,20,21,23)/t8-,10-. The Morgan fingerprint density at radius 1 is 1.38 bits per heavy atom. The number of rotatable bonds is 7. The number of aliphatic hydroxyl groups excluding tert-OH is 1. The molecular weight excluding hydrogens is 373 g/mol. The van der Waals surface area contributed by atoms with E-state index in [0.717, 1.165) is 18.2 Å². The molecule has 0 bridgehead atoms. The molecule has 0 radical (unpaired) electrons. The summed E-state index contributed by atoms with van der Waals surface area (Å²) in [4.78, 5) is 16.7. The molecule has 1 aromatic carbocycles. The third kappa shape index (κ3) is 4.44. The Bertz CT molecular complexity index is 781. The second kappa shape index (κ2) is 7.92. The van der Waals surface area contributed by atoms with Crippen LogP contribution < -0.4 is 14.8 Å². The van der Waals surface area contributed by atoms with Crippen molar-refractivity contribution in [3.05, 3.63) is 35.1 Å². The van der Waals surface area contributed by atoms with E-state index in [9.17, 15) is 18.0 Å². The highest BCUT2D eigenvalue weighted by Gasteiger charge is 2.37. The molecule has 1 fully saturated rings. The van der Waals surface area contributed by atoms with Crippen LogP contribution in [0.25, 0.3) is 0 Å². The molecule has 1 aliphatic rings. The summed E-state index contributed by atoms with van der Waals surface area (Å²) in [6.45, 7) is -3.20. The smallest absolute Gasteiger partial charge is 0.387 e. The lowest BCUT2D eigenvalue weighted by molar-refractivity contribution is -0.125. The molecular formula is C16H15F3N2O4S. The van der Waals surface area contributed by atoms with Crippen LogP contribution in [0, 0.1) is 11.7 Å². The number of nitrogens with zero attached hydrogens (tertiary/aromatic N) is 1. The zero-order valence-corrected chi connectivity index (χ0v) is 14.1. The van der Waals surface area contributed by atoms with Gasteiger partial charge in [-0.05, 0) is 25.0 Å². The van der Waals surface area contributed by atoms with E-state index in [1.54, 1.807) is 0 Å². The molecule has 0 saturated heterocycles. The summed E-state index contributed by atoms with van der Waals surface area (Å²) >= 11 is 1.17. The van der Waals surface area contributed by atoms with E-state index in [2.05, 4.69) is 15.0 Å². The molecule has 1 amide bonds. The average molecular weight is 388 g/mol. The first-order chi connectivity index (χ1) is 12.4. The third-order valence-corrected chi connectivity index (χ3v) is 4.72. The van der Waals surface area contributed by atoms with Crippen LogP contribution in [0.3, 0.4) is 0 Å². The zero-order valence-electron chi connectivity index (χ0n) is 13.3. The normalized spacial score (nSPS) is 19.1. The number of ether oxygens (including phenoxy) is 2. The molecule has 140 valence electrons. The van der Waals surface area contributed by atoms with E-state index in [4.69, 9.17) is 9.84 Å². The van der Waals surface area contributed by atoms with Gasteiger partial charge < -0.3 is 19.9 Å². The van der Waals surface area contributed by atoms with Crippen LogP contribution in [0.1, 0.15) is 17.7 Å². The number of anilines is 1. The van der Waals surface area contributed by atoms with E-state index in [0.29, 0.717) is 22.9 Å². The molecule has 0 spiro atoms. The van der Waals surface area contributed by atoms with Crippen LogP contribution in [0.2, 0.25) is 0 Å². The highest BCUT2D eigenvalue weighted by Crippen LogP contribution is 2.37. The number of alkyl halides is 2. The topological polar surface area (TPSA) is 80.7 Å². The third-order valence-electron chi connectivity index (χ3n) is 3.82. The minimum Gasteiger partial charge on any atom is -0.486 e. The number of aliphatic hydroxyl groups is 1. The quantitative estimate of drug-likeness (QED) is 0.762. The molecule has 0 aliphatic heterocycles. The Labute approximate surface area is 150 Å². The summed E-state index contributed by atoms with van der Waals surface area (Å²) in [6.07, 6.45) is 1.78. The maximum Gasteiger partial charge on any atom is 0.387 e. The molecule has 0 atom stereocenters. The summed E-state index contributed by atoms with van der Waals surface area (Å²) in [5.41, 5.74) is 0. The van der Waals surface area contributed by atoms with Gasteiger partial charge in [0, 0.05) is 18.2 Å². The lowest BCUT2D eigenvalue weighted by atomic mass is 9.81. The fourth-order valence-electron chi connectivity index (χ4n) is 2.47. The van der Waals surface area contributed by atoms with Crippen LogP contribution in [0.4, 0.5) is 18.3 Å². The van der Waals surface area contributed by atoms with Crippen molar-refractivity contribution < 1.29 is 32.5 Å². The average Bonchev–Trinajstić information content (AvgIpc) is 2.99. The number of hydrogen-bond donors (Lipinski definition) is 2. The van der Waals surface area contributed by atoms with E-state index >= 15 is 0 Å². The number of hydrogen-bond acceptors (Lipinski definition) is 6. The van der Waals surface area contributed by atoms with Crippen molar-refractivity contribution in [1.82, 2.24) is 4.98 Å². The van der Waals surface area contributed by atoms with Gasteiger partial charge in [0.1, 0.15) is 11.9 Å². The molecule has 26 heavy (non-hydrogen) atoms. The van der Waals surface area contributed by atoms with Gasteiger partial charge in [0.15, 0.2) is 16.6 Å². The van der Waals surface area contributed by atoms with Crippen LogP contribution >= 0.6 is 11.3 Å². The van der Waals surface area contributed by atoms with Crippen molar-refractivity contribution in [2.45, 2.75) is 32.2 Å². The highest BCUT2D eigenvalue weighted by atomic mass is 32.1. The number of benzene rings is 1. The van der Waals surface area contributed by atoms with Gasteiger partial charge in [-0.25, -0.2) is 9.37 Å². The van der Waals surface area contributed by atoms with Crippen molar-refractivity contribution >= 4 is 22.4 Å². The van der Waals surface area contributed by atoms with Crippen molar-refractivity contribution in [1.29, 1.82) is 0 Å². The number of aromatic nitrogens is 1. The van der Waals surface area contributed by atoms with Crippen molar-refractivity contribution in [2.75, 3.05) is 5.32 Å². The van der Waals surface area contributed by atoms with Gasteiger partial charge in [-0.15, -0.1) is 0 Å². The molecule has 2 N–H and O–H groups in total. The van der Waals surface area contributed by atoms with Gasteiger partial charge >= 0.3 is 6.61 Å². The maximum absolute atomic E-state index is 13.3. The lowest BCUT2D eigenvalue weighted by Gasteiger charge is -2.34. The van der Waals surface area contributed by atoms with Gasteiger partial charge in [-0.3, -0.25) is 4.79 Å². The first kappa shape index (κ1) is 18.5. The summed E-state index contributed by atoms with van der Waals surface area (Å²) < 4.78 is 47.9. The fraction of sp³-hybridized carbons (Fsp3) is 0.375. The molecule has 2 aromatic rings. The molecule has 1 saturated carbocycles. The first-order valence-corrected chi connectivity index (χ1v) is 8.53. The van der Waals surface area contributed by atoms with Crippen molar-refractivity contribution in [3.63, 3.8) is 0 Å². The molecule has 10 heteroatoms. The summed E-state index contributed by atoms with van der Waals surface area (Å²) in [5.74, 6) is -1.59. The summed E-state index contributed by atoms with van der Waals surface area (Å²) in [6, 6.07) is 3.04. The lowest BCUT2D eigenvalue weighted by Crippen LogP contribution is -2.40. The van der Waals surface area contributed by atoms with Crippen molar-refractivity contribution in [2.24, 2.45) is 5.92 Å². The largest absolute Gasteiger partial charge is 0.486 e. The van der Waals surface area contributed by atoms with E-state index in [1.165, 1.54) is 17.5 Å². The van der Waals surface area contributed by atoms with Gasteiger partial charge in [-0.2, -0.15) is 8.78 Å². The number of halogens is 3. The molecule has 6 nitrogen and oxygen atoms in total. The molecule has 3 rings (SSSR count). The molecule has 1 aromatic heterocycles. The first-order valence-electron chi connectivity index (χ1n) is 7.72. The van der Waals surface area contributed by atoms with Gasteiger partial charge in [0.05, 0.1) is 11.5 Å². The molecule has 0 unspecified atom stereocenters. The number of nitrogens with one attached hydrogen (secondary N) is 1. The minimum atomic E-state index is -3.05. The zero-order chi connectivity index (χ0) is 18.7. The van der Waals surface area contributed by atoms with Gasteiger partial charge in [0.25, 0.3) is 0 Å². The summed E-state index contributed by atoms with van der Waals surface area (Å²) in [7, 11) is 0. The van der Waals surface area contributed by atoms with Crippen LogP contribution in [-0.2, 0) is 11.4 Å². The van der Waals surface area contributed by atoms with Crippen molar-refractivity contribution in [3.8, 4) is 11.5 Å². The van der Waals surface area contributed by atoms with Gasteiger partial charge in [-0.1, -0.05) is 11.3 Å². The molecule has 1 aliphatic carbocycles. The Morgan fingerprint density at radius 3 is 2.81 bits per heavy atom. The molecule has 1 heterocycles. The maximum atomic E-state index is 13.3. The predicted octanol–water partition coefficient (Wildman–Crippen LogP) is 3.17. The second-order valence-electron chi connectivity index (χ2n) is 5.66. The van der Waals surface area contributed by atoms with E-state index in [1.807, 2.05) is 0 Å². The van der Waals surface area contributed by atoms with Gasteiger partial charge in [0.2, 0.25) is 5.91 Å². The fourth-order valence-corrected chi connectivity index (χ4v) is 3.14. The Morgan fingerprint density at radius 2 is 2.15 bits per heavy atom. The highest BCUT2D eigenvalue weighted by molar-refractivity contribution is 7.15. The van der Waals surface area contributed by atoms with E-state index < -0.39 is 18.5 Å². The van der Waals surface area contributed by atoms with Crippen LogP contribution in [-0.4, -0.2) is 28.7 Å². The Balaban J connectivity index is 1.53. The number of carbonyl (C=O) groups excluding carboxylic acids is 1. The Hall–Kier alpha value is -2.33. The monoisotopic (exact) mass is 388 g/mol. The number of thiazole rings is 1. The summed E-state index contributed by atoms with van der Waals surface area (Å²) in [5, 5.41) is 12.0. The van der Waals surface area contributed by atoms with Crippen LogP contribution in [0.15, 0.2) is 24.4 Å². The second-order valence-corrected chi connectivity index (χ2v) is 6.77.